The van der Waals surface area contributed by atoms with Gasteiger partial charge in [0, 0.05) is 25.7 Å². The van der Waals surface area contributed by atoms with E-state index in [0.29, 0.717) is 12.6 Å². The molecule has 1 aliphatic heterocycles. The highest BCUT2D eigenvalue weighted by atomic mass is 127. The van der Waals surface area contributed by atoms with Gasteiger partial charge in [-0.25, -0.2) is 0 Å². The zero-order valence-corrected chi connectivity index (χ0v) is 18.4. The molecule has 0 spiro atoms. The molecule has 0 saturated carbocycles. The largest absolute Gasteiger partial charge is 0.388 e. The molecule has 3 N–H and O–H groups in total. The summed E-state index contributed by atoms with van der Waals surface area (Å²) >= 11 is 0. The van der Waals surface area contributed by atoms with E-state index in [-0.39, 0.29) is 24.0 Å². The van der Waals surface area contributed by atoms with Crippen molar-refractivity contribution in [1.82, 2.24) is 15.5 Å². The number of nitrogens with zero attached hydrogens (tertiary/aromatic N) is 2. The van der Waals surface area contributed by atoms with Crippen molar-refractivity contribution in [2.75, 3.05) is 32.7 Å². The number of likely N-dealkylation sites (tertiary alicyclic amines) is 1. The minimum absolute atomic E-state index is 0. The second kappa shape index (κ2) is 13.2. The zero-order chi connectivity index (χ0) is 17.1. The number of guanidine groups is 1. The van der Waals surface area contributed by atoms with Crippen LogP contribution in [-0.4, -0.2) is 60.3 Å². The molecule has 0 aliphatic carbocycles. The van der Waals surface area contributed by atoms with Crippen LogP contribution in [0.5, 0.6) is 0 Å². The van der Waals surface area contributed by atoms with Crippen LogP contribution in [0.3, 0.4) is 0 Å². The monoisotopic (exact) mass is 454 g/mol. The SMILES string of the molecule is CCCCN1CCC(NC(=NCC(O)(CC)CC)NCC)CC1.I. The third kappa shape index (κ3) is 8.85. The quantitative estimate of drug-likeness (QED) is 0.285. The number of rotatable bonds is 9. The average molecular weight is 454 g/mol. The number of hydrogen-bond donors (Lipinski definition) is 3. The van der Waals surface area contributed by atoms with Crippen LogP contribution in [0.4, 0.5) is 0 Å². The highest BCUT2D eigenvalue weighted by molar-refractivity contribution is 14.0. The van der Waals surface area contributed by atoms with Gasteiger partial charge in [-0.1, -0.05) is 27.2 Å². The molecule has 5 nitrogen and oxygen atoms in total. The molecule has 0 unspecified atom stereocenters. The first kappa shape index (κ1) is 23.9. The van der Waals surface area contributed by atoms with Crippen LogP contribution in [0.2, 0.25) is 0 Å². The topological polar surface area (TPSA) is 59.9 Å². The van der Waals surface area contributed by atoms with Gasteiger partial charge in [-0.2, -0.15) is 0 Å². The Balaban J connectivity index is 0.00000529. The van der Waals surface area contributed by atoms with Gasteiger partial charge in [-0.15, -0.1) is 24.0 Å². The maximum atomic E-state index is 10.4. The summed E-state index contributed by atoms with van der Waals surface area (Å²) in [6.45, 7) is 13.3. The smallest absolute Gasteiger partial charge is 0.191 e. The van der Waals surface area contributed by atoms with E-state index in [0.717, 1.165) is 25.3 Å². The molecule has 1 rings (SSSR count). The third-order valence-electron chi connectivity index (χ3n) is 4.95. The van der Waals surface area contributed by atoms with Gasteiger partial charge in [0.25, 0.3) is 0 Å². The molecular formula is C18H39IN4O. The fourth-order valence-corrected chi connectivity index (χ4v) is 2.90. The fourth-order valence-electron chi connectivity index (χ4n) is 2.90. The number of aliphatic imine (C=N–C) groups is 1. The van der Waals surface area contributed by atoms with E-state index >= 15 is 0 Å². The summed E-state index contributed by atoms with van der Waals surface area (Å²) in [7, 11) is 0. The summed E-state index contributed by atoms with van der Waals surface area (Å²) in [6.07, 6.45) is 6.38. The third-order valence-corrected chi connectivity index (χ3v) is 4.95. The van der Waals surface area contributed by atoms with Crippen molar-refractivity contribution in [1.29, 1.82) is 0 Å². The summed E-state index contributed by atoms with van der Waals surface area (Å²) in [4.78, 5) is 7.19. The summed E-state index contributed by atoms with van der Waals surface area (Å²) in [5.74, 6) is 0.847. The Hall–Kier alpha value is -0.0800. The Morgan fingerprint density at radius 1 is 1.17 bits per heavy atom. The van der Waals surface area contributed by atoms with Crippen LogP contribution in [0.15, 0.2) is 4.99 Å². The molecule has 1 aliphatic rings. The number of aliphatic hydroxyl groups is 1. The van der Waals surface area contributed by atoms with Crippen LogP contribution in [-0.2, 0) is 0 Å². The number of unbranched alkanes of at least 4 members (excludes halogenated alkanes) is 1. The van der Waals surface area contributed by atoms with Crippen molar-refractivity contribution in [3.63, 3.8) is 0 Å². The highest BCUT2D eigenvalue weighted by Gasteiger charge is 2.23. The summed E-state index contributed by atoms with van der Waals surface area (Å²) in [5, 5.41) is 17.3. The first-order valence-corrected chi connectivity index (χ1v) is 9.56. The van der Waals surface area contributed by atoms with Gasteiger partial charge < -0.3 is 20.6 Å². The Morgan fingerprint density at radius 3 is 2.29 bits per heavy atom. The predicted octanol–water partition coefficient (Wildman–Crippen LogP) is 2.98. The summed E-state index contributed by atoms with van der Waals surface area (Å²) in [5.41, 5.74) is -0.675. The van der Waals surface area contributed by atoms with Crippen molar-refractivity contribution in [3.05, 3.63) is 0 Å². The molecule has 6 heteroatoms. The van der Waals surface area contributed by atoms with Gasteiger partial charge in [-0.3, -0.25) is 4.99 Å². The van der Waals surface area contributed by atoms with Gasteiger partial charge in [-0.05, 0) is 45.6 Å². The molecule has 0 bridgehead atoms. The minimum Gasteiger partial charge on any atom is -0.388 e. The van der Waals surface area contributed by atoms with Crippen LogP contribution in [0.1, 0.15) is 66.2 Å². The first-order chi connectivity index (χ1) is 11.1. The Bertz CT molecular complexity index is 340. The molecule has 1 fully saturated rings. The van der Waals surface area contributed by atoms with Crippen molar-refractivity contribution in [2.24, 2.45) is 4.99 Å². The van der Waals surface area contributed by atoms with Crippen molar-refractivity contribution in [3.8, 4) is 0 Å². The Kier molecular flexibility index (Phi) is 13.1. The molecule has 24 heavy (non-hydrogen) atoms. The van der Waals surface area contributed by atoms with E-state index in [1.807, 2.05) is 13.8 Å². The number of hydrogen-bond acceptors (Lipinski definition) is 3. The van der Waals surface area contributed by atoms with E-state index in [2.05, 4.69) is 34.4 Å². The highest BCUT2D eigenvalue weighted by Crippen LogP contribution is 2.15. The minimum atomic E-state index is -0.675. The summed E-state index contributed by atoms with van der Waals surface area (Å²) in [6, 6.07) is 0.488. The van der Waals surface area contributed by atoms with Gasteiger partial charge >= 0.3 is 0 Å². The summed E-state index contributed by atoms with van der Waals surface area (Å²) < 4.78 is 0. The van der Waals surface area contributed by atoms with Gasteiger partial charge in [0.05, 0.1) is 12.1 Å². The van der Waals surface area contributed by atoms with E-state index < -0.39 is 5.60 Å². The van der Waals surface area contributed by atoms with Crippen LogP contribution < -0.4 is 10.6 Å². The van der Waals surface area contributed by atoms with Gasteiger partial charge in [0.15, 0.2) is 5.96 Å². The lowest BCUT2D eigenvalue weighted by Gasteiger charge is -2.33. The maximum absolute atomic E-state index is 10.4. The lowest BCUT2D eigenvalue weighted by molar-refractivity contribution is 0.0417. The predicted molar refractivity (Wildman–Crippen MR) is 114 cm³/mol. The molecule has 0 atom stereocenters. The van der Waals surface area contributed by atoms with Gasteiger partial charge in [0.1, 0.15) is 0 Å². The molecule has 1 heterocycles. The normalized spacial score (nSPS) is 17.5. The molecule has 0 aromatic heterocycles. The molecule has 0 aromatic carbocycles. The Labute approximate surface area is 166 Å². The molecule has 144 valence electrons. The standard InChI is InChI=1S/C18H38N4O.HI/c1-5-9-12-22-13-10-16(11-14-22)21-17(19-8-4)20-15-18(23,6-2)7-3;/h16,23H,5-15H2,1-4H3,(H2,19,20,21);1H. The molecular weight excluding hydrogens is 415 g/mol. The van der Waals surface area contributed by atoms with Crippen LogP contribution in [0.25, 0.3) is 0 Å². The Morgan fingerprint density at radius 2 is 1.79 bits per heavy atom. The van der Waals surface area contributed by atoms with E-state index in [1.165, 1.54) is 45.3 Å². The van der Waals surface area contributed by atoms with Crippen LogP contribution >= 0.6 is 24.0 Å². The fraction of sp³-hybridized carbons (Fsp3) is 0.944. The van der Waals surface area contributed by atoms with Gasteiger partial charge in [0.2, 0.25) is 0 Å². The number of nitrogens with one attached hydrogen (secondary N) is 2. The van der Waals surface area contributed by atoms with E-state index in [4.69, 9.17) is 0 Å². The molecule has 0 amide bonds. The molecule has 0 aromatic rings. The van der Waals surface area contributed by atoms with E-state index in [1.54, 1.807) is 0 Å². The van der Waals surface area contributed by atoms with Crippen LogP contribution in [0, 0.1) is 0 Å². The zero-order valence-electron chi connectivity index (χ0n) is 16.1. The van der Waals surface area contributed by atoms with Crippen molar-refractivity contribution >= 4 is 29.9 Å². The van der Waals surface area contributed by atoms with E-state index in [9.17, 15) is 5.11 Å². The van der Waals surface area contributed by atoms with Crippen molar-refractivity contribution in [2.45, 2.75) is 77.9 Å². The lowest BCUT2D eigenvalue weighted by atomic mass is 9.98. The second-order valence-corrected chi connectivity index (χ2v) is 6.74. The average Bonchev–Trinajstić information content (AvgIpc) is 2.59. The lowest BCUT2D eigenvalue weighted by Crippen LogP contribution is -2.49. The van der Waals surface area contributed by atoms with Crippen molar-refractivity contribution < 1.29 is 5.11 Å². The number of piperidine rings is 1. The maximum Gasteiger partial charge on any atom is 0.191 e. The molecule has 1 saturated heterocycles. The number of halogens is 1. The first-order valence-electron chi connectivity index (χ1n) is 9.56. The molecule has 0 radical (unpaired) electrons. The second-order valence-electron chi connectivity index (χ2n) is 6.74.